The number of aromatic nitrogens is 2. The molecule has 1 aromatic heterocycles. The quantitative estimate of drug-likeness (QED) is 0.582. The van der Waals surface area contributed by atoms with Gasteiger partial charge in [-0.15, -0.1) is 13.2 Å². The van der Waals surface area contributed by atoms with Crippen molar-refractivity contribution >= 4 is 12.2 Å². The first-order valence-corrected chi connectivity index (χ1v) is 5.85. The third-order valence-corrected chi connectivity index (χ3v) is 2.76. The van der Waals surface area contributed by atoms with Gasteiger partial charge in [0.05, 0.1) is 12.2 Å². The summed E-state index contributed by atoms with van der Waals surface area (Å²) in [4.78, 5) is 23.4. The number of rotatable bonds is 2. The average Bonchev–Trinajstić information content (AvgIpc) is 2.39. The first-order chi connectivity index (χ1) is 8.61. The highest BCUT2D eigenvalue weighted by molar-refractivity contribution is 5.53. The fraction of sp³-hybridized carbons (Fsp3) is 0.462. The smallest absolute Gasteiger partial charge is 0.210 e. The zero-order valence-electron chi connectivity index (χ0n) is 11.3. The molecule has 0 N–H and O–H groups in total. The van der Waals surface area contributed by atoms with Crippen LogP contribution in [0.4, 0.5) is 5.82 Å². The summed E-state index contributed by atoms with van der Waals surface area (Å²) in [6, 6.07) is 0. The molecule has 0 saturated carbocycles. The number of amides is 1. The van der Waals surface area contributed by atoms with E-state index in [2.05, 4.69) is 23.1 Å². The van der Waals surface area contributed by atoms with Crippen LogP contribution in [-0.2, 0) is 17.8 Å². The van der Waals surface area contributed by atoms with Crippen LogP contribution in [0.1, 0.15) is 17.1 Å². The summed E-state index contributed by atoms with van der Waals surface area (Å²) in [6.07, 6.45) is 1.72. The van der Waals surface area contributed by atoms with Crippen LogP contribution in [0.3, 0.4) is 0 Å². The summed E-state index contributed by atoms with van der Waals surface area (Å²) < 4.78 is 0. The molecule has 5 heteroatoms. The van der Waals surface area contributed by atoms with Crippen molar-refractivity contribution in [2.75, 3.05) is 25.5 Å². The number of hydrogen-bond donors (Lipinski definition) is 0. The molecule has 1 aliphatic rings. The van der Waals surface area contributed by atoms with Crippen molar-refractivity contribution < 1.29 is 4.79 Å². The van der Waals surface area contributed by atoms with Crippen molar-refractivity contribution in [1.29, 1.82) is 0 Å². The van der Waals surface area contributed by atoms with E-state index in [0.717, 1.165) is 36.7 Å². The zero-order valence-corrected chi connectivity index (χ0v) is 11.3. The summed E-state index contributed by atoms with van der Waals surface area (Å²) in [5.41, 5.74) is 2.16. The van der Waals surface area contributed by atoms with Gasteiger partial charge in [0.15, 0.2) is 0 Å². The number of carbonyl (C=O) groups is 1. The maximum Gasteiger partial charge on any atom is 0.210 e. The minimum absolute atomic E-state index is 0.600. The average molecular weight is 248 g/mol. The van der Waals surface area contributed by atoms with Crippen molar-refractivity contribution in [3.8, 4) is 0 Å². The Morgan fingerprint density at radius 2 is 2.00 bits per heavy atom. The van der Waals surface area contributed by atoms with E-state index in [1.807, 2.05) is 25.9 Å². The Labute approximate surface area is 108 Å². The molecule has 18 heavy (non-hydrogen) atoms. The molecular weight excluding hydrogens is 228 g/mol. The molecule has 0 aromatic carbocycles. The second kappa shape index (κ2) is 6.14. The number of hydrogen-bond acceptors (Lipinski definition) is 4. The molecule has 0 unspecified atom stereocenters. The van der Waals surface area contributed by atoms with Gasteiger partial charge in [0.25, 0.3) is 0 Å². The van der Waals surface area contributed by atoms with Gasteiger partial charge in [-0.25, -0.2) is 9.97 Å². The summed E-state index contributed by atoms with van der Waals surface area (Å²) in [5.74, 6) is 1.74. The maximum atomic E-state index is 10.7. The van der Waals surface area contributed by atoms with Crippen LogP contribution < -0.4 is 4.90 Å². The number of fused-ring (bicyclic) bond motifs is 1. The monoisotopic (exact) mass is 248 g/mol. The van der Waals surface area contributed by atoms with Crippen molar-refractivity contribution in [3.63, 3.8) is 0 Å². The molecule has 0 atom stereocenters. The van der Waals surface area contributed by atoms with E-state index in [1.54, 1.807) is 4.90 Å². The van der Waals surface area contributed by atoms with Crippen LogP contribution in [0.25, 0.3) is 0 Å². The lowest BCUT2D eigenvalue weighted by atomic mass is 10.1. The van der Waals surface area contributed by atoms with Gasteiger partial charge in [-0.05, 0) is 13.3 Å². The second-order valence-electron chi connectivity index (χ2n) is 4.24. The van der Waals surface area contributed by atoms with Crippen LogP contribution in [0.5, 0.6) is 0 Å². The largest absolute Gasteiger partial charge is 0.362 e. The Bertz CT molecular complexity index is 431. The van der Waals surface area contributed by atoms with Crippen LogP contribution in [0, 0.1) is 6.92 Å². The molecule has 0 bridgehead atoms. The second-order valence-corrected chi connectivity index (χ2v) is 4.24. The summed E-state index contributed by atoms with van der Waals surface area (Å²) in [5, 5.41) is 0. The molecule has 0 saturated heterocycles. The van der Waals surface area contributed by atoms with Gasteiger partial charge < -0.3 is 9.80 Å². The highest BCUT2D eigenvalue weighted by Crippen LogP contribution is 2.24. The number of aryl methyl sites for hydroxylation is 1. The molecule has 5 nitrogen and oxygen atoms in total. The molecular formula is C13H20N4O. The molecule has 0 spiro atoms. The molecule has 1 aromatic rings. The SMILES string of the molecule is C=C.Cc1nc2c(c(N(C)C)n1)CCN(C=O)C2. The first kappa shape index (κ1) is 14.2. The molecule has 2 rings (SSSR count). The molecule has 0 fully saturated rings. The summed E-state index contributed by atoms with van der Waals surface area (Å²) in [6.45, 7) is 9.24. The lowest BCUT2D eigenvalue weighted by molar-refractivity contribution is -0.119. The van der Waals surface area contributed by atoms with Crippen LogP contribution in [-0.4, -0.2) is 41.9 Å². The van der Waals surface area contributed by atoms with Crippen molar-refractivity contribution in [3.05, 3.63) is 30.2 Å². The minimum Gasteiger partial charge on any atom is -0.362 e. The van der Waals surface area contributed by atoms with E-state index in [4.69, 9.17) is 0 Å². The van der Waals surface area contributed by atoms with E-state index >= 15 is 0 Å². The zero-order chi connectivity index (χ0) is 13.7. The van der Waals surface area contributed by atoms with Crippen LogP contribution in [0.2, 0.25) is 0 Å². The number of anilines is 1. The fourth-order valence-electron chi connectivity index (χ4n) is 2.01. The van der Waals surface area contributed by atoms with E-state index in [1.165, 1.54) is 5.56 Å². The van der Waals surface area contributed by atoms with Gasteiger partial charge in [-0.3, -0.25) is 4.79 Å². The highest BCUT2D eigenvalue weighted by Gasteiger charge is 2.21. The predicted octanol–water partition coefficient (Wildman–Crippen LogP) is 1.17. The fourth-order valence-corrected chi connectivity index (χ4v) is 2.01. The molecule has 1 amide bonds. The van der Waals surface area contributed by atoms with E-state index < -0.39 is 0 Å². The van der Waals surface area contributed by atoms with Gasteiger partial charge in [-0.2, -0.15) is 0 Å². The maximum absolute atomic E-state index is 10.7. The van der Waals surface area contributed by atoms with Crippen molar-refractivity contribution in [1.82, 2.24) is 14.9 Å². The molecule has 98 valence electrons. The Hall–Kier alpha value is -1.91. The molecule has 0 aliphatic carbocycles. The third-order valence-electron chi connectivity index (χ3n) is 2.76. The predicted molar refractivity (Wildman–Crippen MR) is 72.5 cm³/mol. The van der Waals surface area contributed by atoms with Gasteiger partial charge in [0.1, 0.15) is 11.6 Å². The lowest BCUT2D eigenvalue weighted by Gasteiger charge is -2.27. The lowest BCUT2D eigenvalue weighted by Crippen LogP contribution is -2.32. The third kappa shape index (κ3) is 2.85. The molecule has 2 heterocycles. The van der Waals surface area contributed by atoms with Gasteiger partial charge >= 0.3 is 0 Å². The Balaban J connectivity index is 0.000000771. The number of nitrogens with zero attached hydrogens (tertiary/aromatic N) is 4. The first-order valence-electron chi connectivity index (χ1n) is 5.85. The van der Waals surface area contributed by atoms with E-state index in [9.17, 15) is 4.79 Å². The van der Waals surface area contributed by atoms with Gasteiger partial charge in [-0.1, -0.05) is 0 Å². The highest BCUT2D eigenvalue weighted by atomic mass is 16.1. The Kier molecular flexibility index (Phi) is 4.83. The topological polar surface area (TPSA) is 49.3 Å². The molecule has 1 aliphatic heterocycles. The van der Waals surface area contributed by atoms with E-state index in [-0.39, 0.29) is 0 Å². The van der Waals surface area contributed by atoms with Crippen LogP contribution >= 0.6 is 0 Å². The Morgan fingerprint density at radius 1 is 1.33 bits per heavy atom. The standard InChI is InChI=1S/C11H16N4O.C2H4/c1-8-12-10-6-15(7-16)5-4-9(10)11(13-8)14(2)3;1-2/h7H,4-6H2,1-3H3;1-2H2. The van der Waals surface area contributed by atoms with Crippen molar-refractivity contribution in [2.45, 2.75) is 19.9 Å². The van der Waals surface area contributed by atoms with Crippen LogP contribution in [0.15, 0.2) is 13.2 Å². The summed E-state index contributed by atoms with van der Waals surface area (Å²) in [7, 11) is 3.96. The van der Waals surface area contributed by atoms with Gasteiger partial charge in [0, 0.05) is 26.2 Å². The van der Waals surface area contributed by atoms with E-state index in [0.29, 0.717) is 6.54 Å². The normalized spacial score (nSPS) is 13.2. The minimum atomic E-state index is 0.600. The molecule has 0 radical (unpaired) electrons. The Morgan fingerprint density at radius 3 is 2.56 bits per heavy atom. The van der Waals surface area contributed by atoms with Crippen molar-refractivity contribution in [2.24, 2.45) is 0 Å². The number of carbonyl (C=O) groups excluding carboxylic acids is 1. The van der Waals surface area contributed by atoms with Gasteiger partial charge in [0.2, 0.25) is 6.41 Å². The summed E-state index contributed by atoms with van der Waals surface area (Å²) >= 11 is 0.